The maximum atomic E-state index is 13.0. The Hall–Kier alpha value is -4.03. The number of fused-ring (bicyclic) bond motifs is 2. The third-order valence-electron chi connectivity index (χ3n) is 6.36. The van der Waals surface area contributed by atoms with Gasteiger partial charge in [-0.25, -0.2) is 4.98 Å². The van der Waals surface area contributed by atoms with Gasteiger partial charge in [0.25, 0.3) is 5.56 Å². The maximum absolute atomic E-state index is 13.0. The molecule has 1 aliphatic heterocycles. The predicted octanol–water partition coefficient (Wildman–Crippen LogP) is 4.54. The van der Waals surface area contributed by atoms with E-state index in [4.69, 9.17) is 4.98 Å². The van der Waals surface area contributed by atoms with E-state index in [1.54, 1.807) is 12.4 Å². The zero-order valence-electron chi connectivity index (χ0n) is 18.1. The molecule has 0 saturated carbocycles. The normalized spacial score (nSPS) is 13.8. The van der Waals surface area contributed by atoms with E-state index in [2.05, 4.69) is 68.4 Å². The summed E-state index contributed by atoms with van der Waals surface area (Å²) in [6.07, 6.45) is 4.17. The summed E-state index contributed by atoms with van der Waals surface area (Å²) in [4.78, 5) is 30.7. The largest absolute Gasteiger partial charge is 0.354 e. The molecule has 1 aliphatic rings. The summed E-state index contributed by atoms with van der Waals surface area (Å²) < 4.78 is 0. The second-order valence-corrected chi connectivity index (χ2v) is 8.43. The second-order valence-electron chi connectivity index (χ2n) is 8.43. The summed E-state index contributed by atoms with van der Waals surface area (Å²) in [5.41, 5.74) is 7.18. The van der Waals surface area contributed by atoms with Gasteiger partial charge in [0.15, 0.2) is 0 Å². The van der Waals surface area contributed by atoms with Crippen LogP contribution in [0.5, 0.6) is 0 Å². The highest BCUT2D eigenvalue weighted by molar-refractivity contribution is 5.90. The van der Waals surface area contributed by atoms with Crippen molar-refractivity contribution in [2.45, 2.75) is 19.5 Å². The van der Waals surface area contributed by atoms with Gasteiger partial charge in [0.1, 0.15) is 5.82 Å². The molecule has 0 saturated heterocycles. The van der Waals surface area contributed by atoms with E-state index in [-0.39, 0.29) is 5.56 Å². The minimum absolute atomic E-state index is 0.0567. The van der Waals surface area contributed by atoms with Crippen molar-refractivity contribution in [3.8, 4) is 22.6 Å². The molecule has 3 aromatic heterocycles. The van der Waals surface area contributed by atoms with Gasteiger partial charge in [0.05, 0.1) is 17.0 Å². The van der Waals surface area contributed by atoms with Crippen LogP contribution in [0.1, 0.15) is 16.8 Å². The number of nitrogens with one attached hydrogen (secondary N) is 2. The molecule has 4 heterocycles. The van der Waals surface area contributed by atoms with Crippen LogP contribution in [0.2, 0.25) is 0 Å². The number of rotatable bonds is 4. The summed E-state index contributed by atoms with van der Waals surface area (Å²) in [5.74, 6) is 0.609. The fraction of sp³-hybridized carbons (Fsp3) is 0.148. The average molecular weight is 434 g/mol. The minimum atomic E-state index is -0.0567. The quantitative estimate of drug-likeness (QED) is 0.436. The lowest BCUT2D eigenvalue weighted by Crippen LogP contribution is -2.35. The molecule has 33 heavy (non-hydrogen) atoms. The molecule has 0 amide bonds. The molecule has 6 nitrogen and oxygen atoms in total. The lowest BCUT2D eigenvalue weighted by atomic mass is 10.0. The van der Waals surface area contributed by atoms with Gasteiger partial charge in [0, 0.05) is 54.9 Å². The molecule has 0 atom stereocenters. The summed E-state index contributed by atoms with van der Waals surface area (Å²) in [7, 11) is 0. The van der Waals surface area contributed by atoms with Crippen LogP contribution in [-0.2, 0) is 19.5 Å². The Morgan fingerprint density at radius 2 is 1.67 bits per heavy atom. The van der Waals surface area contributed by atoms with Crippen molar-refractivity contribution in [1.29, 1.82) is 0 Å². The number of benzene rings is 2. The van der Waals surface area contributed by atoms with Crippen molar-refractivity contribution in [3.63, 3.8) is 0 Å². The molecule has 0 bridgehead atoms. The lowest BCUT2D eigenvalue weighted by Gasteiger charge is -2.28. The Morgan fingerprint density at radius 1 is 0.879 bits per heavy atom. The highest BCUT2D eigenvalue weighted by Crippen LogP contribution is 2.32. The van der Waals surface area contributed by atoms with Crippen LogP contribution in [0.15, 0.2) is 83.9 Å². The summed E-state index contributed by atoms with van der Waals surface area (Å²) in [5, 5.41) is 1.22. The van der Waals surface area contributed by atoms with Crippen LogP contribution in [0.4, 0.5) is 0 Å². The summed E-state index contributed by atoms with van der Waals surface area (Å²) in [6.45, 7) is 2.20. The zero-order chi connectivity index (χ0) is 22.2. The molecule has 0 spiro atoms. The number of aromatic nitrogens is 4. The molecule has 0 aliphatic carbocycles. The number of aromatic amines is 2. The molecule has 6 heteroatoms. The third kappa shape index (κ3) is 3.64. The Balaban J connectivity index is 1.34. The van der Waals surface area contributed by atoms with E-state index in [9.17, 15) is 4.79 Å². The van der Waals surface area contributed by atoms with E-state index in [0.29, 0.717) is 12.4 Å². The topological polar surface area (TPSA) is 77.7 Å². The SMILES string of the molecule is O=c1[nH]c(-c2ccncc2)nc2c1CN(Cc1c(-c3ccccc3)[nH]c3ccccc13)CC2. The highest BCUT2D eigenvalue weighted by atomic mass is 16.1. The third-order valence-corrected chi connectivity index (χ3v) is 6.36. The number of hydrogen-bond acceptors (Lipinski definition) is 4. The monoisotopic (exact) mass is 433 g/mol. The molecule has 0 fully saturated rings. The molecular weight excluding hydrogens is 410 g/mol. The Labute approximate surface area is 191 Å². The average Bonchev–Trinajstić information content (AvgIpc) is 3.24. The molecule has 0 radical (unpaired) electrons. The standard InChI is InChI=1S/C27H23N5O/c33-27-22-17-32(15-12-24(22)30-26(31-27)19-10-13-28-14-11-19)16-21-20-8-4-5-9-23(20)29-25(21)18-6-2-1-3-7-18/h1-11,13-14,29H,12,15-17H2,(H,30,31,33). The number of para-hydroxylation sites is 1. The molecule has 5 aromatic rings. The number of hydrogen-bond donors (Lipinski definition) is 2. The number of H-pyrrole nitrogens is 2. The van der Waals surface area contributed by atoms with E-state index < -0.39 is 0 Å². The first-order valence-electron chi connectivity index (χ1n) is 11.2. The van der Waals surface area contributed by atoms with Crippen LogP contribution >= 0.6 is 0 Å². The van der Waals surface area contributed by atoms with Crippen molar-refractivity contribution >= 4 is 10.9 Å². The smallest absolute Gasteiger partial charge is 0.255 e. The van der Waals surface area contributed by atoms with Gasteiger partial charge >= 0.3 is 0 Å². The van der Waals surface area contributed by atoms with Crippen molar-refractivity contribution in [1.82, 2.24) is 24.8 Å². The molecule has 162 valence electrons. The van der Waals surface area contributed by atoms with E-state index in [0.717, 1.165) is 47.5 Å². The first-order valence-corrected chi connectivity index (χ1v) is 11.2. The minimum Gasteiger partial charge on any atom is -0.354 e. The first-order chi connectivity index (χ1) is 16.3. The van der Waals surface area contributed by atoms with Gasteiger partial charge in [-0.15, -0.1) is 0 Å². The van der Waals surface area contributed by atoms with Crippen LogP contribution in [0.25, 0.3) is 33.5 Å². The predicted molar refractivity (Wildman–Crippen MR) is 130 cm³/mol. The first kappa shape index (κ1) is 19.6. The van der Waals surface area contributed by atoms with Crippen molar-refractivity contribution < 1.29 is 0 Å². The van der Waals surface area contributed by atoms with E-state index in [1.807, 2.05) is 18.2 Å². The van der Waals surface area contributed by atoms with Crippen molar-refractivity contribution in [2.24, 2.45) is 0 Å². The van der Waals surface area contributed by atoms with Gasteiger partial charge in [-0.2, -0.15) is 0 Å². The number of pyridine rings is 1. The Bertz CT molecular complexity index is 1490. The van der Waals surface area contributed by atoms with Gasteiger partial charge < -0.3 is 9.97 Å². The fourth-order valence-corrected chi connectivity index (χ4v) is 4.70. The van der Waals surface area contributed by atoms with Gasteiger partial charge in [-0.3, -0.25) is 14.7 Å². The van der Waals surface area contributed by atoms with Crippen LogP contribution in [-0.4, -0.2) is 31.4 Å². The summed E-state index contributed by atoms with van der Waals surface area (Å²) >= 11 is 0. The highest BCUT2D eigenvalue weighted by Gasteiger charge is 2.24. The molecule has 6 rings (SSSR count). The van der Waals surface area contributed by atoms with Crippen LogP contribution in [0, 0.1) is 0 Å². The Kier molecular flexibility index (Phi) is 4.85. The van der Waals surface area contributed by atoms with Gasteiger partial charge in [0.2, 0.25) is 0 Å². The maximum Gasteiger partial charge on any atom is 0.255 e. The lowest BCUT2D eigenvalue weighted by molar-refractivity contribution is 0.243. The second kappa shape index (κ2) is 8.15. The van der Waals surface area contributed by atoms with Crippen molar-refractivity contribution in [3.05, 3.63) is 106 Å². The van der Waals surface area contributed by atoms with Crippen molar-refractivity contribution in [2.75, 3.05) is 6.54 Å². The number of nitrogens with zero attached hydrogens (tertiary/aromatic N) is 3. The van der Waals surface area contributed by atoms with Crippen LogP contribution < -0.4 is 5.56 Å². The fourth-order valence-electron chi connectivity index (χ4n) is 4.70. The molecule has 0 unspecified atom stereocenters. The Morgan fingerprint density at radius 3 is 2.52 bits per heavy atom. The zero-order valence-corrected chi connectivity index (χ0v) is 18.1. The van der Waals surface area contributed by atoms with Gasteiger partial charge in [-0.1, -0.05) is 48.5 Å². The molecule has 2 aromatic carbocycles. The van der Waals surface area contributed by atoms with E-state index in [1.165, 1.54) is 16.5 Å². The van der Waals surface area contributed by atoms with Crippen LogP contribution in [0.3, 0.4) is 0 Å². The molecular formula is C27H23N5O. The van der Waals surface area contributed by atoms with E-state index >= 15 is 0 Å². The molecule has 2 N–H and O–H groups in total. The summed E-state index contributed by atoms with van der Waals surface area (Å²) in [6, 6.07) is 22.6. The van der Waals surface area contributed by atoms with Gasteiger partial charge in [-0.05, 0) is 29.3 Å².